The van der Waals surface area contributed by atoms with Gasteiger partial charge in [0.05, 0.1) is 0 Å². The maximum Gasteiger partial charge on any atom is 0.158 e. The molecule has 0 spiro atoms. The molecule has 0 radical (unpaired) electrons. The molecule has 1 aromatic heterocycles. The molecule has 0 bridgehead atoms. The standard InChI is InChI=1S/C10H17ClN4O/c1-4-6(2)13-10-8(12)9(11)14-7(15-10)5-16-3/h6H,4-5,12H2,1-3H3,(H,13,14,15). The quantitative estimate of drug-likeness (QED) is 0.776. The summed E-state index contributed by atoms with van der Waals surface area (Å²) in [6.45, 7) is 4.44. The molecule has 1 heterocycles. The second-order valence-electron chi connectivity index (χ2n) is 3.58. The molecule has 90 valence electrons. The smallest absolute Gasteiger partial charge is 0.158 e. The molecule has 5 nitrogen and oxygen atoms in total. The average molecular weight is 245 g/mol. The molecule has 0 aliphatic rings. The first kappa shape index (κ1) is 13.0. The topological polar surface area (TPSA) is 73.1 Å². The predicted molar refractivity (Wildman–Crippen MR) is 65.5 cm³/mol. The monoisotopic (exact) mass is 244 g/mol. The van der Waals surface area contributed by atoms with Crippen molar-refractivity contribution in [3.8, 4) is 0 Å². The Labute approximate surface area is 100 Å². The van der Waals surface area contributed by atoms with E-state index in [0.717, 1.165) is 6.42 Å². The second-order valence-corrected chi connectivity index (χ2v) is 3.94. The van der Waals surface area contributed by atoms with E-state index < -0.39 is 0 Å². The SMILES string of the molecule is CCC(C)Nc1nc(COC)nc(Cl)c1N. The molecular weight excluding hydrogens is 228 g/mol. The number of aromatic nitrogens is 2. The number of rotatable bonds is 5. The van der Waals surface area contributed by atoms with Gasteiger partial charge >= 0.3 is 0 Å². The third-order valence-corrected chi connectivity index (χ3v) is 2.50. The van der Waals surface area contributed by atoms with Crippen LogP contribution in [0, 0.1) is 0 Å². The molecule has 0 aliphatic carbocycles. The van der Waals surface area contributed by atoms with E-state index in [1.165, 1.54) is 0 Å². The van der Waals surface area contributed by atoms with Crippen LogP contribution in [0.25, 0.3) is 0 Å². The van der Waals surface area contributed by atoms with E-state index in [1.807, 2.05) is 6.92 Å². The summed E-state index contributed by atoms with van der Waals surface area (Å²) < 4.78 is 4.96. The number of nitrogens with two attached hydrogens (primary N) is 1. The first-order valence-electron chi connectivity index (χ1n) is 5.15. The van der Waals surface area contributed by atoms with Gasteiger partial charge in [-0.05, 0) is 13.3 Å². The van der Waals surface area contributed by atoms with Crippen LogP contribution < -0.4 is 11.1 Å². The van der Waals surface area contributed by atoms with Crippen molar-refractivity contribution in [2.45, 2.75) is 32.9 Å². The van der Waals surface area contributed by atoms with E-state index in [1.54, 1.807) is 7.11 Å². The van der Waals surface area contributed by atoms with Gasteiger partial charge in [-0.1, -0.05) is 18.5 Å². The Bertz CT molecular complexity index is 359. The summed E-state index contributed by atoms with van der Waals surface area (Å²) >= 11 is 5.91. The highest BCUT2D eigenvalue weighted by Gasteiger charge is 2.11. The van der Waals surface area contributed by atoms with Crippen LogP contribution in [-0.2, 0) is 11.3 Å². The van der Waals surface area contributed by atoms with E-state index in [2.05, 4.69) is 22.2 Å². The minimum absolute atomic E-state index is 0.257. The third kappa shape index (κ3) is 3.21. The molecule has 16 heavy (non-hydrogen) atoms. The highest BCUT2D eigenvalue weighted by atomic mass is 35.5. The number of hydrogen-bond acceptors (Lipinski definition) is 5. The minimum atomic E-state index is 0.257. The minimum Gasteiger partial charge on any atom is -0.393 e. The van der Waals surface area contributed by atoms with Gasteiger partial charge in [-0.25, -0.2) is 9.97 Å². The van der Waals surface area contributed by atoms with Crippen LogP contribution in [0.15, 0.2) is 0 Å². The number of nitrogens with one attached hydrogen (secondary N) is 1. The van der Waals surface area contributed by atoms with Gasteiger partial charge in [-0.2, -0.15) is 0 Å². The van der Waals surface area contributed by atoms with Gasteiger partial charge in [0.15, 0.2) is 16.8 Å². The number of anilines is 2. The van der Waals surface area contributed by atoms with Crippen molar-refractivity contribution < 1.29 is 4.74 Å². The summed E-state index contributed by atoms with van der Waals surface area (Å²) in [5, 5.41) is 3.44. The summed E-state index contributed by atoms with van der Waals surface area (Å²) in [4.78, 5) is 8.27. The van der Waals surface area contributed by atoms with Crippen LogP contribution in [0.4, 0.5) is 11.5 Å². The van der Waals surface area contributed by atoms with Crippen LogP contribution >= 0.6 is 11.6 Å². The van der Waals surface area contributed by atoms with Crippen LogP contribution in [0.2, 0.25) is 5.15 Å². The molecule has 1 rings (SSSR count). The Morgan fingerprint density at radius 1 is 1.50 bits per heavy atom. The zero-order valence-corrected chi connectivity index (χ0v) is 10.5. The molecule has 0 saturated heterocycles. The third-order valence-electron chi connectivity index (χ3n) is 2.21. The van der Waals surface area contributed by atoms with E-state index >= 15 is 0 Å². The molecular formula is C10H17ClN4O. The maximum absolute atomic E-state index is 5.91. The van der Waals surface area contributed by atoms with Crippen LogP contribution in [0.1, 0.15) is 26.1 Å². The van der Waals surface area contributed by atoms with E-state index in [0.29, 0.717) is 23.9 Å². The lowest BCUT2D eigenvalue weighted by atomic mass is 10.2. The van der Waals surface area contributed by atoms with Crippen LogP contribution in [0.5, 0.6) is 0 Å². The highest BCUT2D eigenvalue weighted by molar-refractivity contribution is 6.32. The van der Waals surface area contributed by atoms with Gasteiger partial charge in [0.25, 0.3) is 0 Å². The van der Waals surface area contributed by atoms with Crippen molar-refractivity contribution in [1.82, 2.24) is 9.97 Å². The zero-order valence-electron chi connectivity index (χ0n) is 9.75. The van der Waals surface area contributed by atoms with Crippen molar-refractivity contribution in [2.24, 2.45) is 0 Å². The maximum atomic E-state index is 5.91. The summed E-state index contributed by atoms with van der Waals surface area (Å²) in [5.41, 5.74) is 6.17. The number of halogens is 1. The molecule has 0 fully saturated rings. The number of nitrogen functional groups attached to an aromatic ring is 1. The number of ether oxygens (including phenoxy) is 1. The molecule has 0 aromatic carbocycles. The van der Waals surface area contributed by atoms with Gasteiger partial charge in [0, 0.05) is 13.2 Å². The Morgan fingerprint density at radius 2 is 2.19 bits per heavy atom. The Kier molecular flexibility index (Phi) is 4.76. The van der Waals surface area contributed by atoms with Crippen molar-refractivity contribution >= 4 is 23.1 Å². The van der Waals surface area contributed by atoms with Crippen LogP contribution in [-0.4, -0.2) is 23.1 Å². The molecule has 3 N–H and O–H groups in total. The van der Waals surface area contributed by atoms with Crippen LogP contribution in [0.3, 0.4) is 0 Å². The fourth-order valence-electron chi connectivity index (χ4n) is 1.12. The van der Waals surface area contributed by atoms with Crippen molar-refractivity contribution in [3.05, 3.63) is 11.0 Å². The van der Waals surface area contributed by atoms with E-state index in [-0.39, 0.29) is 11.2 Å². The number of methoxy groups -OCH3 is 1. The fraction of sp³-hybridized carbons (Fsp3) is 0.600. The van der Waals surface area contributed by atoms with Crippen molar-refractivity contribution in [1.29, 1.82) is 0 Å². The van der Waals surface area contributed by atoms with Crippen molar-refractivity contribution in [2.75, 3.05) is 18.2 Å². The Morgan fingerprint density at radius 3 is 2.75 bits per heavy atom. The van der Waals surface area contributed by atoms with Gasteiger partial charge in [0.2, 0.25) is 0 Å². The van der Waals surface area contributed by atoms with Crippen molar-refractivity contribution in [3.63, 3.8) is 0 Å². The van der Waals surface area contributed by atoms with Gasteiger partial charge in [0.1, 0.15) is 12.3 Å². The summed E-state index contributed by atoms with van der Waals surface area (Å²) in [7, 11) is 1.58. The molecule has 0 aliphatic heterocycles. The van der Waals surface area contributed by atoms with Gasteiger partial charge < -0.3 is 15.8 Å². The molecule has 1 atom stereocenters. The molecule has 0 saturated carbocycles. The van der Waals surface area contributed by atoms with Gasteiger partial charge in [-0.3, -0.25) is 0 Å². The lowest BCUT2D eigenvalue weighted by molar-refractivity contribution is 0.178. The molecule has 0 amide bonds. The molecule has 6 heteroatoms. The Balaban J connectivity index is 2.96. The fourth-order valence-corrected chi connectivity index (χ4v) is 1.31. The lowest BCUT2D eigenvalue weighted by Gasteiger charge is -2.15. The summed E-state index contributed by atoms with van der Waals surface area (Å²) in [5.74, 6) is 1.09. The first-order valence-corrected chi connectivity index (χ1v) is 5.53. The lowest BCUT2D eigenvalue weighted by Crippen LogP contribution is -2.17. The van der Waals surface area contributed by atoms with E-state index in [9.17, 15) is 0 Å². The Hall–Kier alpha value is -1.07. The summed E-state index contributed by atoms with van der Waals surface area (Å²) in [6, 6.07) is 0.281. The molecule has 1 unspecified atom stereocenters. The summed E-state index contributed by atoms with van der Waals surface area (Å²) in [6.07, 6.45) is 0.973. The average Bonchev–Trinajstić information content (AvgIpc) is 2.25. The zero-order chi connectivity index (χ0) is 12.1. The van der Waals surface area contributed by atoms with E-state index in [4.69, 9.17) is 22.1 Å². The predicted octanol–water partition coefficient (Wildman–Crippen LogP) is 2.07. The number of nitrogens with zero attached hydrogens (tertiary/aromatic N) is 2. The van der Waals surface area contributed by atoms with Gasteiger partial charge in [-0.15, -0.1) is 0 Å². The normalized spacial score (nSPS) is 12.5. The number of hydrogen-bond donors (Lipinski definition) is 2. The first-order chi connectivity index (χ1) is 7.58. The largest absolute Gasteiger partial charge is 0.393 e. The highest BCUT2D eigenvalue weighted by Crippen LogP contribution is 2.24. The molecule has 1 aromatic rings. The second kappa shape index (κ2) is 5.86.